The summed E-state index contributed by atoms with van der Waals surface area (Å²) in [5.41, 5.74) is 0.0283. The van der Waals surface area contributed by atoms with Crippen LogP contribution in [-0.4, -0.2) is 34.5 Å². The van der Waals surface area contributed by atoms with Crippen LogP contribution in [0.3, 0.4) is 0 Å². The van der Waals surface area contributed by atoms with Gasteiger partial charge in [0.2, 0.25) is 0 Å². The highest BCUT2D eigenvalue weighted by Gasteiger charge is 2.37. The van der Waals surface area contributed by atoms with E-state index in [9.17, 15) is 9.59 Å². The van der Waals surface area contributed by atoms with Crippen LogP contribution in [-0.2, 0) is 0 Å². The SMILES string of the molecule is O=C(O)c1coc(C(=O)N(CC2CC2)C2CC2)c1. The van der Waals surface area contributed by atoms with Crippen molar-refractivity contribution in [3.05, 3.63) is 23.7 Å². The maximum absolute atomic E-state index is 12.3. The Morgan fingerprint density at radius 2 is 2.06 bits per heavy atom. The normalized spacial score (nSPS) is 18.7. The quantitative estimate of drug-likeness (QED) is 0.866. The van der Waals surface area contributed by atoms with Crippen LogP contribution in [0.4, 0.5) is 0 Å². The molecule has 2 fully saturated rings. The lowest BCUT2D eigenvalue weighted by Crippen LogP contribution is -2.34. The Morgan fingerprint density at radius 1 is 1.33 bits per heavy atom. The molecule has 0 radical (unpaired) electrons. The van der Waals surface area contributed by atoms with Crippen LogP contribution in [0.1, 0.15) is 46.6 Å². The molecule has 5 nitrogen and oxygen atoms in total. The van der Waals surface area contributed by atoms with Crippen molar-refractivity contribution < 1.29 is 19.1 Å². The van der Waals surface area contributed by atoms with Crippen LogP contribution in [0.15, 0.2) is 16.7 Å². The first kappa shape index (κ1) is 11.3. The number of hydrogen-bond acceptors (Lipinski definition) is 3. The minimum absolute atomic E-state index is 0.0283. The Kier molecular flexibility index (Phi) is 2.61. The number of carbonyl (C=O) groups excluding carboxylic acids is 1. The maximum atomic E-state index is 12.3. The number of hydrogen-bond donors (Lipinski definition) is 1. The van der Waals surface area contributed by atoms with Crippen molar-refractivity contribution in [3.8, 4) is 0 Å². The number of carboxylic acid groups (broad SMARTS) is 1. The van der Waals surface area contributed by atoms with Gasteiger partial charge in [-0.3, -0.25) is 4.79 Å². The fraction of sp³-hybridized carbons (Fsp3) is 0.538. The second-order valence-corrected chi connectivity index (χ2v) is 5.14. The van der Waals surface area contributed by atoms with Gasteiger partial charge < -0.3 is 14.4 Å². The Bertz CT molecular complexity index is 485. The summed E-state index contributed by atoms with van der Waals surface area (Å²) >= 11 is 0. The van der Waals surface area contributed by atoms with E-state index in [1.165, 1.54) is 18.9 Å². The second-order valence-electron chi connectivity index (χ2n) is 5.14. The van der Waals surface area contributed by atoms with Crippen molar-refractivity contribution in [1.82, 2.24) is 4.90 Å². The zero-order valence-electron chi connectivity index (χ0n) is 9.96. The number of furan rings is 1. The molecule has 0 atom stereocenters. The smallest absolute Gasteiger partial charge is 0.338 e. The molecule has 0 bridgehead atoms. The van der Waals surface area contributed by atoms with Crippen LogP contribution < -0.4 is 0 Å². The fourth-order valence-electron chi connectivity index (χ4n) is 2.06. The van der Waals surface area contributed by atoms with Crippen LogP contribution in [0, 0.1) is 5.92 Å². The van der Waals surface area contributed by atoms with Gasteiger partial charge in [0.15, 0.2) is 5.76 Å². The predicted molar refractivity (Wildman–Crippen MR) is 62.4 cm³/mol. The lowest BCUT2D eigenvalue weighted by atomic mass is 10.2. The summed E-state index contributed by atoms with van der Waals surface area (Å²) in [6, 6.07) is 1.64. The third kappa shape index (κ3) is 2.25. The van der Waals surface area contributed by atoms with E-state index in [1.54, 1.807) is 0 Å². The standard InChI is InChI=1S/C13H15NO4/c15-12(11-5-9(7-18-11)13(16)17)14(10-3-4-10)6-8-1-2-8/h5,7-8,10H,1-4,6H2,(H,16,17). The van der Waals surface area contributed by atoms with E-state index < -0.39 is 5.97 Å². The number of carboxylic acids is 1. The minimum Gasteiger partial charge on any atom is -0.478 e. The van der Waals surface area contributed by atoms with E-state index in [0.29, 0.717) is 12.0 Å². The number of aromatic carboxylic acids is 1. The molecule has 0 aliphatic heterocycles. The molecule has 1 amide bonds. The van der Waals surface area contributed by atoms with Gasteiger partial charge in [-0.25, -0.2) is 4.79 Å². The first-order chi connectivity index (χ1) is 8.65. The van der Waals surface area contributed by atoms with Crippen LogP contribution in [0.2, 0.25) is 0 Å². The van der Waals surface area contributed by atoms with Crippen molar-refractivity contribution in [2.75, 3.05) is 6.54 Å². The molecule has 0 unspecified atom stereocenters. The molecule has 96 valence electrons. The highest BCUT2D eigenvalue weighted by Crippen LogP contribution is 2.35. The summed E-state index contributed by atoms with van der Waals surface area (Å²) in [5.74, 6) is -0.474. The average Bonchev–Trinajstić information content (AvgIpc) is 3.24. The molecule has 0 spiro atoms. The minimum atomic E-state index is -1.07. The maximum Gasteiger partial charge on any atom is 0.338 e. The van der Waals surface area contributed by atoms with Crippen molar-refractivity contribution >= 4 is 11.9 Å². The summed E-state index contributed by atoms with van der Waals surface area (Å²) < 4.78 is 5.08. The van der Waals surface area contributed by atoms with Gasteiger partial charge in [0, 0.05) is 18.7 Å². The number of carbonyl (C=O) groups is 2. The highest BCUT2D eigenvalue weighted by atomic mass is 16.4. The van der Waals surface area contributed by atoms with Crippen LogP contribution in [0.5, 0.6) is 0 Å². The molecule has 0 saturated heterocycles. The molecule has 5 heteroatoms. The summed E-state index contributed by atoms with van der Waals surface area (Å²) in [6.45, 7) is 0.784. The Balaban J connectivity index is 1.75. The molecule has 0 aromatic carbocycles. The number of rotatable bonds is 5. The Morgan fingerprint density at radius 3 is 2.56 bits per heavy atom. The van der Waals surface area contributed by atoms with Crippen molar-refractivity contribution in [2.24, 2.45) is 5.92 Å². The largest absolute Gasteiger partial charge is 0.478 e. The number of amides is 1. The van der Waals surface area contributed by atoms with Gasteiger partial charge in [-0.05, 0) is 31.6 Å². The van der Waals surface area contributed by atoms with E-state index in [2.05, 4.69) is 0 Å². The highest BCUT2D eigenvalue weighted by molar-refractivity contribution is 5.95. The molecular formula is C13H15NO4. The Labute approximate surface area is 104 Å². The third-order valence-electron chi connectivity index (χ3n) is 3.46. The zero-order chi connectivity index (χ0) is 12.7. The fourth-order valence-corrected chi connectivity index (χ4v) is 2.06. The predicted octanol–water partition coefficient (Wildman–Crippen LogP) is 1.99. The summed E-state index contributed by atoms with van der Waals surface area (Å²) in [7, 11) is 0. The first-order valence-corrected chi connectivity index (χ1v) is 6.28. The molecule has 1 heterocycles. The van der Waals surface area contributed by atoms with Gasteiger partial charge in [-0.2, -0.15) is 0 Å². The molecule has 1 aromatic heterocycles. The van der Waals surface area contributed by atoms with E-state index in [-0.39, 0.29) is 17.2 Å². The first-order valence-electron chi connectivity index (χ1n) is 6.28. The molecule has 3 rings (SSSR count). The van der Waals surface area contributed by atoms with E-state index in [4.69, 9.17) is 9.52 Å². The second kappa shape index (κ2) is 4.15. The van der Waals surface area contributed by atoms with E-state index >= 15 is 0 Å². The topological polar surface area (TPSA) is 70.7 Å². The lowest BCUT2D eigenvalue weighted by Gasteiger charge is -2.20. The number of nitrogens with zero attached hydrogens (tertiary/aromatic N) is 1. The van der Waals surface area contributed by atoms with Gasteiger partial charge in [0.05, 0.1) is 5.56 Å². The van der Waals surface area contributed by atoms with Gasteiger partial charge >= 0.3 is 5.97 Å². The molecule has 2 saturated carbocycles. The van der Waals surface area contributed by atoms with E-state index in [0.717, 1.165) is 25.6 Å². The molecule has 1 aromatic rings. The molecular weight excluding hydrogens is 234 g/mol. The monoisotopic (exact) mass is 249 g/mol. The summed E-state index contributed by atoms with van der Waals surface area (Å²) in [6.07, 6.45) is 5.59. The van der Waals surface area contributed by atoms with Crippen LogP contribution >= 0.6 is 0 Å². The van der Waals surface area contributed by atoms with Gasteiger partial charge in [0.25, 0.3) is 5.91 Å². The van der Waals surface area contributed by atoms with Crippen LogP contribution in [0.25, 0.3) is 0 Å². The summed E-state index contributed by atoms with van der Waals surface area (Å²) in [4.78, 5) is 24.9. The van der Waals surface area contributed by atoms with Crippen molar-refractivity contribution in [2.45, 2.75) is 31.7 Å². The van der Waals surface area contributed by atoms with Crippen molar-refractivity contribution in [1.29, 1.82) is 0 Å². The average molecular weight is 249 g/mol. The van der Waals surface area contributed by atoms with Gasteiger partial charge in [-0.15, -0.1) is 0 Å². The lowest BCUT2D eigenvalue weighted by molar-refractivity contribution is 0.0690. The Hall–Kier alpha value is -1.78. The molecule has 2 aliphatic carbocycles. The molecule has 1 N–H and O–H groups in total. The zero-order valence-corrected chi connectivity index (χ0v) is 9.96. The summed E-state index contributed by atoms with van der Waals surface area (Å²) in [5, 5.41) is 8.81. The van der Waals surface area contributed by atoms with E-state index in [1.807, 2.05) is 4.90 Å². The molecule has 2 aliphatic rings. The molecule has 18 heavy (non-hydrogen) atoms. The van der Waals surface area contributed by atoms with Crippen molar-refractivity contribution in [3.63, 3.8) is 0 Å². The van der Waals surface area contributed by atoms with Gasteiger partial charge in [-0.1, -0.05) is 0 Å². The third-order valence-corrected chi connectivity index (χ3v) is 3.46. The van der Waals surface area contributed by atoms with Gasteiger partial charge in [0.1, 0.15) is 6.26 Å².